The summed E-state index contributed by atoms with van der Waals surface area (Å²) in [6.07, 6.45) is 1.53. The van der Waals surface area contributed by atoms with Crippen molar-refractivity contribution in [3.05, 3.63) is 80.9 Å². The Kier molecular flexibility index (Phi) is 5.41. The van der Waals surface area contributed by atoms with Crippen LogP contribution in [0.3, 0.4) is 0 Å². The highest BCUT2D eigenvalue weighted by atomic mass is 16.6. The van der Waals surface area contributed by atoms with Crippen LogP contribution in [0, 0.1) is 20.2 Å². The molecule has 0 radical (unpaired) electrons. The number of nitro groups is 2. The second-order valence-electron chi connectivity index (χ2n) is 4.80. The zero-order valence-electron chi connectivity index (χ0n) is 12.9. The van der Waals surface area contributed by atoms with E-state index in [0.29, 0.717) is 11.4 Å². The second-order valence-corrected chi connectivity index (χ2v) is 4.80. The number of carbonyl (C=O) groups is 1. The molecule has 9 nitrogen and oxygen atoms in total. The zero-order chi connectivity index (χ0) is 18.4. The van der Waals surface area contributed by atoms with Gasteiger partial charge in [0.1, 0.15) is 12.4 Å². The molecule has 9 heteroatoms. The molecule has 0 aliphatic heterocycles. The van der Waals surface area contributed by atoms with Crippen molar-refractivity contribution in [1.82, 2.24) is 0 Å². The largest absolute Gasteiger partial charge is 0.487 e. The Hall–Kier alpha value is -3.75. The number of nitrogens with one attached hydrogen (secondary N) is 1. The second kappa shape index (κ2) is 7.68. The number of rotatable bonds is 7. The zero-order valence-corrected chi connectivity index (χ0v) is 12.9. The molecule has 0 heterocycles. The first kappa shape index (κ1) is 17.6. The van der Waals surface area contributed by atoms with Crippen LogP contribution in [0.2, 0.25) is 0 Å². The summed E-state index contributed by atoms with van der Waals surface area (Å²) in [7, 11) is 0. The normalized spacial score (nSPS) is 9.92. The summed E-state index contributed by atoms with van der Waals surface area (Å²) in [5.74, 6) is -0.364. The quantitative estimate of drug-likeness (QED) is 0.467. The number of nitro benzene ring substituents is 2. The monoisotopic (exact) mass is 343 g/mol. The molecule has 0 saturated carbocycles. The van der Waals surface area contributed by atoms with Crippen molar-refractivity contribution in [3.63, 3.8) is 0 Å². The first-order valence-corrected chi connectivity index (χ1v) is 7.00. The molecule has 0 bridgehead atoms. The molecular weight excluding hydrogens is 330 g/mol. The van der Waals surface area contributed by atoms with Crippen LogP contribution in [0.15, 0.2) is 55.1 Å². The molecule has 25 heavy (non-hydrogen) atoms. The average Bonchev–Trinajstić information content (AvgIpc) is 2.60. The van der Waals surface area contributed by atoms with E-state index in [1.165, 1.54) is 6.08 Å². The number of benzene rings is 2. The lowest BCUT2D eigenvalue weighted by Gasteiger charge is -2.11. The van der Waals surface area contributed by atoms with Crippen molar-refractivity contribution in [2.45, 2.75) is 0 Å². The molecule has 0 spiro atoms. The van der Waals surface area contributed by atoms with Gasteiger partial charge in [0.25, 0.3) is 17.3 Å². The van der Waals surface area contributed by atoms with E-state index in [2.05, 4.69) is 11.9 Å². The maximum atomic E-state index is 12.4. The Morgan fingerprint density at radius 3 is 2.28 bits per heavy atom. The number of anilines is 1. The van der Waals surface area contributed by atoms with E-state index in [-0.39, 0.29) is 12.2 Å². The van der Waals surface area contributed by atoms with Crippen LogP contribution in [0.4, 0.5) is 17.1 Å². The Labute approximate surface area is 141 Å². The van der Waals surface area contributed by atoms with Crippen molar-refractivity contribution in [2.75, 3.05) is 11.9 Å². The van der Waals surface area contributed by atoms with Gasteiger partial charge in [-0.3, -0.25) is 25.0 Å². The smallest absolute Gasteiger partial charge is 0.277 e. The molecule has 0 saturated heterocycles. The topological polar surface area (TPSA) is 125 Å². The third kappa shape index (κ3) is 4.38. The van der Waals surface area contributed by atoms with Gasteiger partial charge in [0, 0.05) is 12.1 Å². The molecule has 0 fully saturated rings. The summed E-state index contributed by atoms with van der Waals surface area (Å²) in [6.45, 7) is 3.74. The summed E-state index contributed by atoms with van der Waals surface area (Å²) < 4.78 is 5.40. The fourth-order valence-electron chi connectivity index (χ4n) is 1.98. The molecule has 0 aromatic heterocycles. The highest BCUT2D eigenvalue weighted by molar-refractivity contribution is 6.05. The molecule has 128 valence electrons. The standard InChI is InChI=1S/C16H13N3O6/c1-2-7-25-15-6-4-3-5-14(15)17-16(20)11-8-12(18(21)22)10-13(9-11)19(23)24/h2-6,8-10H,1,7H2,(H,17,20). The van der Waals surface area contributed by atoms with E-state index in [9.17, 15) is 25.0 Å². The van der Waals surface area contributed by atoms with Crippen LogP contribution in [0.25, 0.3) is 0 Å². The summed E-state index contributed by atoms with van der Waals surface area (Å²) in [5, 5.41) is 24.3. The van der Waals surface area contributed by atoms with Gasteiger partial charge < -0.3 is 10.1 Å². The first-order chi connectivity index (χ1) is 11.9. The predicted molar refractivity (Wildman–Crippen MR) is 89.8 cm³/mol. The third-order valence-electron chi connectivity index (χ3n) is 3.08. The number of para-hydroxylation sites is 2. The molecule has 1 amide bonds. The first-order valence-electron chi connectivity index (χ1n) is 7.00. The highest BCUT2D eigenvalue weighted by Gasteiger charge is 2.20. The van der Waals surface area contributed by atoms with Crippen molar-refractivity contribution in [1.29, 1.82) is 0 Å². The highest BCUT2D eigenvalue weighted by Crippen LogP contribution is 2.26. The van der Waals surface area contributed by atoms with Gasteiger partial charge in [0.15, 0.2) is 0 Å². The lowest BCUT2D eigenvalue weighted by Crippen LogP contribution is -2.13. The minimum absolute atomic E-state index is 0.209. The van der Waals surface area contributed by atoms with Gasteiger partial charge >= 0.3 is 0 Å². The van der Waals surface area contributed by atoms with Crippen molar-refractivity contribution < 1.29 is 19.4 Å². The van der Waals surface area contributed by atoms with Gasteiger partial charge in [-0.05, 0) is 12.1 Å². The van der Waals surface area contributed by atoms with E-state index in [0.717, 1.165) is 18.2 Å². The van der Waals surface area contributed by atoms with Crippen molar-refractivity contribution in [3.8, 4) is 5.75 Å². The van der Waals surface area contributed by atoms with E-state index in [4.69, 9.17) is 4.74 Å². The van der Waals surface area contributed by atoms with E-state index in [1.54, 1.807) is 24.3 Å². The maximum absolute atomic E-state index is 12.4. The third-order valence-corrected chi connectivity index (χ3v) is 3.08. The SMILES string of the molecule is C=CCOc1ccccc1NC(=O)c1cc([N+](=O)[O-])cc([N+](=O)[O-])c1. The molecule has 2 aromatic rings. The van der Waals surface area contributed by atoms with Crippen molar-refractivity contribution >= 4 is 23.0 Å². The van der Waals surface area contributed by atoms with Crippen LogP contribution in [0.5, 0.6) is 5.75 Å². The number of hydrogen-bond acceptors (Lipinski definition) is 6. The van der Waals surface area contributed by atoms with Gasteiger partial charge in [0.05, 0.1) is 27.2 Å². The lowest BCUT2D eigenvalue weighted by atomic mass is 10.1. The molecule has 1 N–H and O–H groups in total. The Bertz CT molecular complexity index is 817. The van der Waals surface area contributed by atoms with Crippen LogP contribution in [-0.4, -0.2) is 22.4 Å². The predicted octanol–water partition coefficient (Wildman–Crippen LogP) is 3.32. The van der Waals surface area contributed by atoms with Gasteiger partial charge in [-0.25, -0.2) is 0 Å². The molecule has 0 aliphatic carbocycles. The van der Waals surface area contributed by atoms with Gasteiger partial charge in [0.2, 0.25) is 0 Å². The minimum atomic E-state index is -0.801. The summed E-state index contributed by atoms with van der Waals surface area (Å²) in [5.41, 5.74) is -0.978. The number of ether oxygens (including phenoxy) is 1. The number of carbonyl (C=O) groups excluding carboxylic acids is 1. The lowest BCUT2D eigenvalue weighted by molar-refractivity contribution is -0.394. The minimum Gasteiger partial charge on any atom is -0.487 e. The number of amides is 1. The van der Waals surface area contributed by atoms with Crippen LogP contribution < -0.4 is 10.1 Å². The van der Waals surface area contributed by atoms with E-state index >= 15 is 0 Å². The molecule has 0 unspecified atom stereocenters. The number of hydrogen-bond donors (Lipinski definition) is 1. The molecular formula is C16H13N3O6. The fraction of sp³-hybridized carbons (Fsp3) is 0.0625. The number of nitrogens with zero attached hydrogens (tertiary/aromatic N) is 2. The summed E-state index contributed by atoms with van der Waals surface area (Å²) in [4.78, 5) is 32.6. The Morgan fingerprint density at radius 1 is 1.12 bits per heavy atom. The Balaban J connectivity index is 2.34. The van der Waals surface area contributed by atoms with Crippen molar-refractivity contribution in [2.24, 2.45) is 0 Å². The molecule has 2 rings (SSSR count). The Morgan fingerprint density at radius 2 is 1.72 bits per heavy atom. The maximum Gasteiger partial charge on any atom is 0.277 e. The molecule has 2 aromatic carbocycles. The van der Waals surface area contributed by atoms with Crippen LogP contribution in [0.1, 0.15) is 10.4 Å². The fourth-order valence-corrected chi connectivity index (χ4v) is 1.98. The summed E-state index contributed by atoms with van der Waals surface area (Å²) in [6, 6.07) is 9.28. The van der Waals surface area contributed by atoms with Gasteiger partial charge in [-0.2, -0.15) is 0 Å². The van der Waals surface area contributed by atoms with Gasteiger partial charge in [-0.1, -0.05) is 24.8 Å². The van der Waals surface area contributed by atoms with Crippen LogP contribution >= 0.6 is 0 Å². The van der Waals surface area contributed by atoms with E-state index < -0.39 is 27.1 Å². The molecule has 0 atom stereocenters. The average molecular weight is 343 g/mol. The number of non-ortho nitro benzene ring substituents is 2. The van der Waals surface area contributed by atoms with Gasteiger partial charge in [-0.15, -0.1) is 0 Å². The van der Waals surface area contributed by atoms with E-state index in [1.807, 2.05) is 0 Å². The van der Waals surface area contributed by atoms with Crippen LogP contribution in [-0.2, 0) is 0 Å². The summed E-state index contributed by atoms with van der Waals surface area (Å²) >= 11 is 0. The molecule has 0 aliphatic rings.